The predicted octanol–water partition coefficient (Wildman–Crippen LogP) is 3.81. The fourth-order valence-corrected chi connectivity index (χ4v) is 2.94. The Balaban J connectivity index is 2.11. The highest BCUT2D eigenvalue weighted by molar-refractivity contribution is 5.91. The van der Waals surface area contributed by atoms with E-state index in [1.165, 1.54) is 6.07 Å². The van der Waals surface area contributed by atoms with Crippen molar-refractivity contribution in [3.05, 3.63) is 69.3 Å². The number of carboxylic acids is 1. The van der Waals surface area contributed by atoms with Gasteiger partial charge in [0.15, 0.2) is 0 Å². The second-order valence-electron chi connectivity index (χ2n) is 6.63. The van der Waals surface area contributed by atoms with Crippen LogP contribution in [0.4, 0.5) is 16.2 Å². The number of nitro groups is 1. The van der Waals surface area contributed by atoms with Crippen LogP contribution in [0, 0.1) is 24.0 Å². The van der Waals surface area contributed by atoms with E-state index in [1.54, 1.807) is 19.9 Å². The highest BCUT2D eigenvalue weighted by Crippen LogP contribution is 2.26. The van der Waals surface area contributed by atoms with Gasteiger partial charge in [-0.05, 0) is 43.9 Å². The third-order valence-corrected chi connectivity index (χ3v) is 4.35. The van der Waals surface area contributed by atoms with Crippen molar-refractivity contribution in [2.45, 2.75) is 39.2 Å². The maximum atomic E-state index is 12.4. The zero-order valence-electron chi connectivity index (χ0n) is 15.8. The molecule has 3 N–H and O–H groups in total. The molecule has 0 aliphatic heterocycles. The molecule has 0 saturated heterocycles. The van der Waals surface area contributed by atoms with Gasteiger partial charge in [0.05, 0.1) is 10.6 Å². The molecule has 1 unspecified atom stereocenters. The standard InChI is InChI=1S/C20H23N3O5/c1-13-10-14(2)18(23(27)28)12-17(13)22-20(26)21-16(8-9-19(24)25)11-15-6-4-3-5-7-15/h3-7,10,12,16H,8-9,11H2,1-2H3,(H,24,25)(H2,21,22,26). The van der Waals surface area contributed by atoms with Gasteiger partial charge in [-0.3, -0.25) is 14.9 Å². The number of rotatable bonds is 8. The van der Waals surface area contributed by atoms with Crippen LogP contribution in [0.15, 0.2) is 42.5 Å². The van der Waals surface area contributed by atoms with Gasteiger partial charge in [0.25, 0.3) is 5.69 Å². The van der Waals surface area contributed by atoms with E-state index in [9.17, 15) is 19.7 Å². The highest BCUT2D eigenvalue weighted by Gasteiger charge is 2.18. The summed E-state index contributed by atoms with van der Waals surface area (Å²) in [6.07, 6.45) is 0.673. The van der Waals surface area contributed by atoms with Crippen molar-refractivity contribution < 1.29 is 19.6 Å². The van der Waals surface area contributed by atoms with Crippen LogP contribution < -0.4 is 10.6 Å². The molecule has 148 valence electrons. The lowest BCUT2D eigenvalue weighted by Gasteiger charge is -2.19. The number of carbonyl (C=O) groups is 2. The number of carboxylic acid groups (broad SMARTS) is 1. The molecule has 0 bridgehead atoms. The smallest absolute Gasteiger partial charge is 0.319 e. The molecular weight excluding hydrogens is 362 g/mol. The molecule has 8 heteroatoms. The minimum absolute atomic E-state index is 0.0763. The van der Waals surface area contributed by atoms with Gasteiger partial charge < -0.3 is 15.7 Å². The van der Waals surface area contributed by atoms with Crippen LogP contribution in [0.1, 0.15) is 29.5 Å². The van der Waals surface area contributed by atoms with Crippen LogP contribution in [-0.4, -0.2) is 28.1 Å². The molecule has 28 heavy (non-hydrogen) atoms. The number of benzene rings is 2. The zero-order valence-corrected chi connectivity index (χ0v) is 15.8. The summed E-state index contributed by atoms with van der Waals surface area (Å²) in [6, 6.07) is 11.5. The van der Waals surface area contributed by atoms with Crippen LogP contribution in [0.5, 0.6) is 0 Å². The number of nitrogens with one attached hydrogen (secondary N) is 2. The van der Waals surface area contributed by atoms with E-state index in [4.69, 9.17) is 5.11 Å². The van der Waals surface area contributed by atoms with Crippen LogP contribution in [0.3, 0.4) is 0 Å². The monoisotopic (exact) mass is 385 g/mol. The number of carbonyl (C=O) groups excluding carboxylic acids is 1. The molecular formula is C20H23N3O5. The SMILES string of the molecule is Cc1cc(C)c([N+](=O)[O-])cc1NC(=O)NC(CCC(=O)O)Cc1ccccc1. The maximum Gasteiger partial charge on any atom is 0.319 e. The molecule has 0 fully saturated rings. The van der Waals surface area contributed by atoms with Crippen molar-refractivity contribution in [2.24, 2.45) is 0 Å². The summed E-state index contributed by atoms with van der Waals surface area (Å²) in [5.74, 6) is -0.940. The number of urea groups is 1. The normalized spacial score (nSPS) is 11.5. The van der Waals surface area contributed by atoms with Crippen LogP contribution >= 0.6 is 0 Å². The van der Waals surface area contributed by atoms with Crippen LogP contribution in [0.2, 0.25) is 0 Å². The molecule has 2 aromatic rings. The van der Waals surface area contributed by atoms with E-state index >= 15 is 0 Å². The second-order valence-corrected chi connectivity index (χ2v) is 6.63. The molecule has 0 aliphatic carbocycles. The van der Waals surface area contributed by atoms with Gasteiger partial charge in [-0.15, -0.1) is 0 Å². The van der Waals surface area contributed by atoms with Crippen LogP contribution in [-0.2, 0) is 11.2 Å². The van der Waals surface area contributed by atoms with Crippen molar-refractivity contribution in [3.63, 3.8) is 0 Å². The summed E-state index contributed by atoms with van der Waals surface area (Å²) >= 11 is 0. The Bertz CT molecular complexity index is 868. The Labute approximate surface area is 162 Å². The summed E-state index contributed by atoms with van der Waals surface area (Å²) in [5, 5.41) is 25.5. The number of aryl methyl sites for hydroxylation is 2. The number of nitrogens with zero attached hydrogens (tertiary/aromatic N) is 1. The van der Waals surface area contributed by atoms with Crippen molar-refractivity contribution in [2.75, 3.05) is 5.32 Å². The van der Waals surface area contributed by atoms with Gasteiger partial charge in [-0.1, -0.05) is 30.3 Å². The van der Waals surface area contributed by atoms with Crippen molar-refractivity contribution in [3.8, 4) is 0 Å². The third kappa shape index (κ3) is 6.08. The molecule has 0 saturated carbocycles. The Morgan fingerprint density at radius 3 is 2.43 bits per heavy atom. The molecule has 2 rings (SSSR count). The molecule has 8 nitrogen and oxygen atoms in total. The third-order valence-electron chi connectivity index (χ3n) is 4.35. The number of nitro benzene ring substituents is 1. The Morgan fingerprint density at radius 2 is 1.82 bits per heavy atom. The quantitative estimate of drug-likeness (QED) is 0.471. The van der Waals surface area contributed by atoms with Crippen molar-refractivity contribution in [1.82, 2.24) is 5.32 Å². The lowest BCUT2D eigenvalue weighted by atomic mass is 10.0. The van der Waals surface area contributed by atoms with Gasteiger partial charge in [0.2, 0.25) is 0 Å². The zero-order chi connectivity index (χ0) is 20.7. The first kappa shape index (κ1) is 20.9. The molecule has 0 aromatic heterocycles. The fourth-order valence-electron chi connectivity index (χ4n) is 2.94. The number of amides is 2. The average Bonchev–Trinajstić information content (AvgIpc) is 2.62. The summed E-state index contributed by atoms with van der Waals surface area (Å²) in [6.45, 7) is 3.38. The Morgan fingerprint density at radius 1 is 1.14 bits per heavy atom. The van der Waals surface area contributed by atoms with E-state index in [-0.39, 0.29) is 24.6 Å². The van der Waals surface area contributed by atoms with E-state index in [2.05, 4.69) is 10.6 Å². The van der Waals surface area contributed by atoms with E-state index in [1.807, 2.05) is 30.3 Å². The minimum Gasteiger partial charge on any atom is -0.481 e. The topological polar surface area (TPSA) is 122 Å². The maximum absolute atomic E-state index is 12.4. The lowest BCUT2D eigenvalue weighted by Crippen LogP contribution is -2.39. The first-order valence-corrected chi connectivity index (χ1v) is 8.85. The number of aliphatic carboxylic acids is 1. The molecule has 0 aliphatic rings. The van der Waals surface area contributed by atoms with E-state index in [0.29, 0.717) is 23.2 Å². The fraction of sp³-hybridized carbons (Fsp3) is 0.300. The molecule has 2 amide bonds. The van der Waals surface area contributed by atoms with Crippen molar-refractivity contribution in [1.29, 1.82) is 0 Å². The summed E-state index contributed by atoms with van der Waals surface area (Å²) < 4.78 is 0. The van der Waals surface area contributed by atoms with Crippen molar-refractivity contribution >= 4 is 23.4 Å². The first-order valence-electron chi connectivity index (χ1n) is 8.85. The highest BCUT2D eigenvalue weighted by atomic mass is 16.6. The second kappa shape index (κ2) is 9.50. The molecule has 0 radical (unpaired) electrons. The van der Waals surface area contributed by atoms with Gasteiger partial charge in [0, 0.05) is 24.1 Å². The lowest BCUT2D eigenvalue weighted by molar-refractivity contribution is -0.385. The van der Waals surface area contributed by atoms with E-state index in [0.717, 1.165) is 5.56 Å². The predicted molar refractivity (Wildman–Crippen MR) is 106 cm³/mol. The van der Waals surface area contributed by atoms with E-state index < -0.39 is 16.9 Å². The van der Waals surface area contributed by atoms with Gasteiger partial charge in [0.1, 0.15) is 0 Å². The minimum atomic E-state index is -0.940. The Hall–Kier alpha value is -3.42. The Kier molecular flexibility index (Phi) is 7.08. The van der Waals surface area contributed by atoms with Gasteiger partial charge in [-0.2, -0.15) is 0 Å². The summed E-state index contributed by atoms with van der Waals surface area (Å²) in [7, 11) is 0. The summed E-state index contributed by atoms with van der Waals surface area (Å²) in [4.78, 5) is 34.0. The number of hydrogen-bond donors (Lipinski definition) is 3. The molecule has 2 aromatic carbocycles. The largest absolute Gasteiger partial charge is 0.481 e. The summed E-state index contributed by atoms with van der Waals surface area (Å²) in [5.41, 5.74) is 2.44. The molecule has 0 spiro atoms. The van der Waals surface area contributed by atoms with Gasteiger partial charge >= 0.3 is 12.0 Å². The average molecular weight is 385 g/mol. The number of anilines is 1. The number of hydrogen-bond acceptors (Lipinski definition) is 4. The first-order chi connectivity index (χ1) is 13.3. The molecule has 1 atom stereocenters. The van der Waals surface area contributed by atoms with Crippen LogP contribution in [0.25, 0.3) is 0 Å². The molecule has 0 heterocycles. The van der Waals surface area contributed by atoms with Gasteiger partial charge in [-0.25, -0.2) is 4.79 Å².